The summed E-state index contributed by atoms with van der Waals surface area (Å²) in [5.74, 6) is -1.24. The Kier molecular flexibility index (Phi) is 6.51. The fourth-order valence-corrected chi connectivity index (χ4v) is 2.28. The van der Waals surface area contributed by atoms with E-state index < -0.39 is 5.97 Å². The largest absolute Gasteiger partial charge is 0.480 e. The second-order valence-corrected chi connectivity index (χ2v) is 5.33. The lowest BCUT2D eigenvalue weighted by Crippen LogP contribution is -2.38. The van der Waals surface area contributed by atoms with E-state index >= 15 is 0 Å². The summed E-state index contributed by atoms with van der Waals surface area (Å²) >= 11 is 0. The summed E-state index contributed by atoms with van der Waals surface area (Å²) in [5.41, 5.74) is 1.87. The van der Waals surface area contributed by atoms with Crippen LogP contribution in [0.15, 0.2) is 42.7 Å². The zero-order valence-electron chi connectivity index (χ0n) is 13.6. The zero-order chi connectivity index (χ0) is 17.4. The summed E-state index contributed by atoms with van der Waals surface area (Å²) in [6.45, 7) is 0.265. The number of aliphatic carboxylic acids is 1. The first-order valence-electron chi connectivity index (χ1n) is 7.67. The Morgan fingerprint density at radius 1 is 1.29 bits per heavy atom. The number of carbonyl (C=O) groups is 2. The first-order chi connectivity index (χ1) is 11.6. The molecule has 1 aromatic heterocycles. The van der Waals surface area contributed by atoms with Crippen molar-refractivity contribution in [3.05, 3.63) is 48.3 Å². The molecule has 1 aromatic carbocycles. The third-order valence-electron chi connectivity index (χ3n) is 3.53. The van der Waals surface area contributed by atoms with Gasteiger partial charge in [0.15, 0.2) is 0 Å². The number of nitrogens with zero attached hydrogens (tertiary/aromatic N) is 3. The number of hydrogen-bond acceptors (Lipinski definition) is 4. The number of benzene rings is 1. The van der Waals surface area contributed by atoms with E-state index in [1.807, 2.05) is 36.5 Å². The Bertz CT molecular complexity index is 669. The van der Waals surface area contributed by atoms with E-state index in [-0.39, 0.29) is 25.4 Å². The van der Waals surface area contributed by atoms with Crippen LogP contribution in [0.4, 0.5) is 0 Å². The van der Waals surface area contributed by atoms with Crippen molar-refractivity contribution in [3.8, 4) is 5.69 Å². The minimum absolute atomic E-state index is 0.207. The molecule has 1 N–H and O–H groups in total. The molecular weight excluding hydrogens is 310 g/mol. The number of carboxylic acid groups (broad SMARTS) is 1. The topological polar surface area (TPSA) is 84.7 Å². The molecule has 2 aromatic rings. The highest BCUT2D eigenvalue weighted by molar-refractivity contribution is 5.81. The first kappa shape index (κ1) is 17.7. The third-order valence-corrected chi connectivity index (χ3v) is 3.53. The number of aryl methyl sites for hydroxylation is 1. The van der Waals surface area contributed by atoms with Gasteiger partial charge in [-0.15, -0.1) is 0 Å². The normalized spacial score (nSPS) is 10.5. The van der Waals surface area contributed by atoms with Crippen LogP contribution in [0.2, 0.25) is 0 Å². The standard InChI is InChI=1S/C17H21N3O4/c1-24-10-9-19(13-17(22)23)16(21)8-7-14-11-18-20(12-14)15-5-3-2-4-6-15/h2-6,11-12H,7-10,13H2,1H3,(H,22,23). The van der Waals surface area contributed by atoms with Crippen LogP contribution >= 0.6 is 0 Å². The van der Waals surface area contributed by atoms with E-state index in [9.17, 15) is 9.59 Å². The number of rotatable bonds is 9. The molecule has 0 radical (unpaired) electrons. The summed E-state index contributed by atoms with van der Waals surface area (Å²) in [5, 5.41) is 13.2. The van der Waals surface area contributed by atoms with Gasteiger partial charge in [-0.05, 0) is 24.1 Å². The highest BCUT2D eigenvalue weighted by Crippen LogP contribution is 2.10. The van der Waals surface area contributed by atoms with Crippen molar-refractivity contribution in [1.29, 1.82) is 0 Å². The van der Waals surface area contributed by atoms with E-state index in [0.717, 1.165) is 11.3 Å². The van der Waals surface area contributed by atoms with E-state index in [2.05, 4.69) is 5.10 Å². The lowest BCUT2D eigenvalue weighted by atomic mass is 10.2. The molecule has 2 rings (SSSR count). The van der Waals surface area contributed by atoms with Crippen molar-refractivity contribution in [2.45, 2.75) is 12.8 Å². The average Bonchev–Trinajstić information content (AvgIpc) is 3.06. The van der Waals surface area contributed by atoms with Crippen LogP contribution in [0, 0.1) is 0 Å². The second kappa shape index (κ2) is 8.83. The number of carbonyl (C=O) groups excluding carboxylic acids is 1. The maximum atomic E-state index is 12.2. The van der Waals surface area contributed by atoms with E-state index in [0.29, 0.717) is 13.0 Å². The Balaban J connectivity index is 1.92. The van der Waals surface area contributed by atoms with Gasteiger partial charge in [0.25, 0.3) is 0 Å². The van der Waals surface area contributed by atoms with Gasteiger partial charge in [-0.1, -0.05) is 18.2 Å². The molecule has 0 aliphatic heterocycles. The number of para-hydroxylation sites is 1. The summed E-state index contributed by atoms with van der Waals surface area (Å²) in [4.78, 5) is 24.4. The maximum Gasteiger partial charge on any atom is 0.323 e. The smallest absolute Gasteiger partial charge is 0.323 e. The molecule has 0 aliphatic carbocycles. The van der Waals surface area contributed by atoms with Crippen molar-refractivity contribution in [2.24, 2.45) is 0 Å². The fraction of sp³-hybridized carbons (Fsp3) is 0.353. The Morgan fingerprint density at radius 3 is 2.71 bits per heavy atom. The molecule has 7 heteroatoms. The van der Waals surface area contributed by atoms with Crippen LogP contribution < -0.4 is 0 Å². The van der Waals surface area contributed by atoms with Crippen molar-refractivity contribution in [1.82, 2.24) is 14.7 Å². The lowest BCUT2D eigenvalue weighted by Gasteiger charge is -2.20. The van der Waals surface area contributed by atoms with Crippen LogP contribution in [-0.4, -0.2) is 58.5 Å². The predicted molar refractivity (Wildman–Crippen MR) is 88.0 cm³/mol. The molecule has 7 nitrogen and oxygen atoms in total. The molecule has 24 heavy (non-hydrogen) atoms. The summed E-state index contributed by atoms with van der Waals surface area (Å²) in [7, 11) is 1.52. The molecule has 0 aliphatic rings. The Hall–Kier alpha value is -2.67. The van der Waals surface area contributed by atoms with Gasteiger partial charge in [0, 0.05) is 26.3 Å². The van der Waals surface area contributed by atoms with Gasteiger partial charge in [-0.25, -0.2) is 4.68 Å². The third kappa shape index (κ3) is 5.20. The molecule has 0 fully saturated rings. The van der Waals surface area contributed by atoms with Crippen molar-refractivity contribution < 1.29 is 19.4 Å². The van der Waals surface area contributed by atoms with Crippen LogP contribution in [-0.2, 0) is 20.7 Å². The van der Waals surface area contributed by atoms with E-state index in [4.69, 9.17) is 9.84 Å². The zero-order valence-corrected chi connectivity index (χ0v) is 13.6. The van der Waals surface area contributed by atoms with Gasteiger partial charge in [-0.3, -0.25) is 9.59 Å². The molecule has 0 saturated heterocycles. The highest BCUT2D eigenvalue weighted by Gasteiger charge is 2.16. The van der Waals surface area contributed by atoms with E-state index in [1.165, 1.54) is 12.0 Å². The van der Waals surface area contributed by atoms with Gasteiger partial charge < -0.3 is 14.7 Å². The fourth-order valence-electron chi connectivity index (χ4n) is 2.28. The number of hydrogen-bond donors (Lipinski definition) is 1. The molecule has 0 bridgehead atoms. The molecule has 128 valence electrons. The second-order valence-electron chi connectivity index (χ2n) is 5.33. The van der Waals surface area contributed by atoms with Crippen LogP contribution in [0.25, 0.3) is 5.69 Å². The number of ether oxygens (including phenoxy) is 1. The molecule has 0 unspecified atom stereocenters. The lowest BCUT2D eigenvalue weighted by molar-refractivity contribution is -0.144. The SMILES string of the molecule is COCCN(CC(=O)O)C(=O)CCc1cnn(-c2ccccc2)c1. The Labute approximate surface area is 140 Å². The Morgan fingerprint density at radius 2 is 2.04 bits per heavy atom. The monoisotopic (exact) mass is 331 g/mol. The summed E-state index contributed by atoms with van der Waals surface area (Å²) in [6, 6.07) is 9.69. The van der Waals surface area contributed by atoms with Crippen LogP contribution in [0.1, 0.15) is 12.0 Å². The van der Waals surface area contributed by atoms with Crippen LogP contribution in [0.3, 0.4) is 0 Å². The molecule has 0 saturated carbocycles. The molecule has 0 atom stereocenters. The maximum absolute atomic E-state index is 12.2. The number of methoxy groups -OCH3 is 1. The van der Waals surface area contributed by atoms with Crippen LogP contribution in [0.5, 0.6) is 0 Å². The molecule has 0 spiro atoms. The van der Waals surface area contributed by atoms with Crippen molar-refractivity contribution in [2.75, 3.05) is 26.8 Å². The summed E-state index contributed by atoms with van der Waals surface area (Å²) < 4.78 is 6.67. The van der Waals surface area contributed by atoms with Crippen molar-refractivity contribution in [3.63, 3.8) is 0 Å². The highest BCUT2D eigenvalue weighted by atomic mass is 16.5. The van der Waals surface area contributed by atoms with E-state index in [1.54, 1.807) is 10.9 Å². The van der Waals surface area contributed by atoms with Gasteiger partial charge in [0.05, 0.1) is 18.5 Å². The van der Waals surface area contributed by atoms with Gasteiger partial charge in [-0.2, -0.15) is 5.10 Å². The van der Waals surface area contributed by atoms with Gasteiger partial charge in [0.1, 0.15) is 6.54 Å². The minimum Gasteiger partial charge on any atom is -0.480 e. The minimum atomic E-state index is -1.03. The predicted octanol–water partition coefficient (Wildman–Crippen LogP) is 1.36. The average molecular weight is 331 g/mol. The van der Waals surface area contributed by atoms with Crippen molar-refractivity contribution >= 4 is 11.9 Å². The number of aromatic nitrogens is 2. The quantitative estimate of drug-likeness (QED) is 0.750. The molecule has 1 amide bonds. The van der Waals surface area contributed by atoms with Gasteiger partial charge in [0.2, 0.25) is 5.91 Å². The van der Waals surface area contributed by atoms with Gasteiger partial charge >= 0.3 is 5.97 Å². The molecule has 1 heterocycles. The number of carboxylic acids is 1. The first-order valence-corrected chi connectivity index (χ1v) is 7.67. The summed E-state index contributed by atoms with van der Waals surface area (Å²) in [6.07, 6.45) is 4.34. The molecular formula is C17H21N3O4. The number of amides is 1.